The minimum atomic E-state index is 0.288. The van der Waals surface area contributed by atoms with Crippen molar-refractivity contribution in [3.8, 4) is 5.75 Å². The third kappa shape index (κ3) is 3.00. The van der Waals surface area contributed by atoms with Crippen LogP contribution >= 0.6 is 34.2 Å². The number of tetrazole rings is 1. The Kier molecular flexibility index (Phi) is 4.72. The Balaban J connectivity index is 1.92. The van der Waals surface area contributed by atoms with E-state index in [2.05, 4.69) is 50.0 Å². The van der Waals surface area contributed by atoms with Gasteiger partial charge in [0.25, 0.3) is 0 Å². The molecule has 0 N–H and O–H groups in total. The van der Waals surface area contributed by atoms with Crippen LogP contribution in [0.4, 0.5) is 0 Å². The molecule has 0 spiro atoms. The van der Waals surface area contributed by atoms with E-state index >= 15 is 0 Å². The first-order chi connectivity index (χ1) is 10.7. The molecule has 3 rings (SSSR count). The topological polar surface area (TPSA) is 65.7 Å². The predicted molar refractivity (Wildman–Crippen MR) is 91.9 cm³/mol. The quantitative estimate of drug-likeness (QED) is 0.581. The lowest BCUT2D eigenvalue weighted by Gasteiger charge is -2.11. The van der Waals surface area contributed by atoms with E-state index in [-0.39, 0.29) is 6.61 Å². The van der Waals surface area contributed by atoms with E-state index < -0.39 is 0 Å². The summed E-state index contributed by atoms with van der Waals surface area (Å²) < 4.78 is 8.60. The van der Waals surface area contributed by atoms with E-state index in [1.54, 1.807) is 10.9 Å². The zero-order chi connectivity index (χ0) is 15.5. The monoisotopic (exact) mass is 429 g/mol. The molecular formula is C14H13ClIN5O. The summed E-state index contributed by atoms with van der Waals surface area (Å²) in [7, 11) is 0. The number of hydrogen-bond acceptors (Lipinski definition) is 5. The van der Waals surface area contributed by atoms with Crippen molar-refractivity contribution in [1.82, 2.24) is 25.2 Å². The molecule has 0 fully saturated rings. The smallest absolute Gasteiger partial charge is 0.189 e. The average molecular weight is 430 g/mol. The van der Waals surface area contributed by atoms with Gasteiger partial charge >= 0.3 is 0 Å². The van der Waals surface area contributed by atoms with Gasteiger partial charge in [0, 0.05) is 18.1 Å². The number of fused-ring (bicyclic) bond motifs is 1. The van der Waals surface area contributed by atoms with E-state index in [1.807, 2.05) is 18.2 Å². The molecule has 0 bridgehead atoms. The highest BCUT2D eigenvalue weighted by molar-refractivity contribution is 14.1. The molecular weight excluding hydrogens is 417 g/mol. The van der Waals surface area contributed by atoms with Crippen LogP contribution in [0.15, 0.2) is 24.4 Å². The number of rotatable bonds is 5. The van der Waals surface area contributed by atoms with Crippen molar-refractivity contribution >= 4 is 45.1 Å². The van der Waals surface area contributed by atoms with Crippen molar-refractivity contribution in [2.75, 3.05) is 0 Å². The Hall–Kier alpha value is -1.48. The van der Waals surface area contributed by atoms with Crippen LogP contribution in [0.1, 0.15) is 19.2 Å². The van der Waals surface area contributed by atoms with Crippen molar-refractivity contribution in [3.63, 3.8) is 0 Å². The third-order valence-electron chi connectivity index (χ3n) is 3.14. The molecule has 8 heteroatoms. The molecule has 0 atom stereocenters. The van der Waals surface area contributed by atoms with Crippen LogP contribution in [0.2, 0.25) is 5.02 Å². The molecule has 0 aliphatic carbocycles. The van der Waals surface area contributed by atoms with Gasteiger partial charge in [-0.25, -0.2) is 4.68 Å². The Morgan fingerprint density at radius 3 is 3.09 bits per heavy atom. The number of benzene rings is 1. The zero-order valence-corrected chi connectivity index (χ0v) is 14.7. The van der Waals surface area contributed by atoms with Crippen LogP contribution in [-0.4, -0.2) is 25.2 Å². The molecule has 0 radical (unpaired) electrons. The van der Waals surface area contributed by atoms with E-state index in [0.29, 0.717) is 16.6 Å². The number of aryl methyl sites for hydroxylation is 1. The maximum absolute atomic E-state index is 6.26. The molecule has 0 aliphatic heterocycles. The van der Waals surface area contributed by atoms with Gasteiger partial charge in [0.2, 0.25) is 0 Å². The van der Waals surface area contributed by atoms with Gasteiger partial charge in [-0.1, -0.05) is 18.5 Å². The maximum Gasteiger partial charge on any atom is 0.189 e. The minimum Gasteiger partial charge on any atom is -0.482 e. The fourth-order valence-corrected chi connectivity index (χ4v) is 3.30. The Morgan fingerprint density at radius 2 is 2.27 bits per heavy atom. The first-order valence-corrected chi connectivity index (χ1v) is 8.27. The summed E-state index contributed by atoms with van der Waals surface area (Å²) in [6.45, 7) is 3.13. The van der Waals surface area contributed by atoms with Gasteiger partial charge in [-0.15, -0.1) is 5.10 Å². The summed E-state index contributed by atoms with van der Waals surface area (Å²) in [6.07, 6.45) is 2.68. The van der Waals surface area contributed by atoms with Crippen molar-refractivity contribution < 1.29 is 4.74 Å². The van der Waals surface area contributed by atoms with Crippen LogP contribution < -0.4 is 4.74 Å². The molecule has 22 heavy (non-hydrogen) atoms. The Morgan fingerprint density at radius 1 is 1.41 bits per heavy atom. The first kappa shape index (κ1) is 15.4. The molecule has 0 aliphatic rings. The number of ether oxygens (including phenoxy) is 1. The largest absolute Gasteiger partial charge is 0.482 e. The van der Waals surface area contributed by atoms with Crippen molar-refractivity contribution in [1.29, 1.82) is 0 Å². The fraction of sp³-hybridized carbons (Fsp3) is 0.286. The normalized spacial score (nSPS) is 11.0. The summed E-state index contributed by atoms with van der Waals surface area (Å²) in [5, 5.41) is 13.2. The number of halogens is 2. The van der Waals surface area contributed by atoms with Crippen LogP contribution in [0.25, 0.3) is 10.9 Å². The molecule has 1 aromatic carbocycles. The van der Waals surface area contributed by atoms with Gasteiger partial charge in [0.1, 0.15) is 12.1 Å². The van der Waals surface area contributed by atoms with E-state index in [9.17, 15) is 0 Å². The van der Waals surface area contributed by atoms with Gasteiger partial charge in [-0.2, -0.15) is 0 Å². The first-order valence-electron chi connectivity index (χ1n) is 6.81. The SMILES string of the molecule is CCCn1nnnc1COc1c(I)cc(Cl)c2cccnc12. The molecule has 3 aromatic rings. The van der Waals surface area contributed by atoms with Crippen LogP contribution in [0.5, 0.6) is 5.75 Å². The summed E-state index contributed by atoms with van der Waals surface area (Å²) >= 11 is 8.46. The number of hydrogen-bond donors (Lipinski definition) is 0. The lowest BCUT2D eigenvalue weighted by molar-refractivity contribution is 0.287. The highest BCUT2D eigenvalue weighted by atomic mass is 127. The predicted octanol–water partition coefficient (Wildman–Crippen LogP) is 3.47. The van der Waals surface area contributed by atoms with Gasteiger partial charge in [-0.05, 0) is 57.6 Å². The number of nitrogens with zero attached hydrogens (tertiary/aromatic N) is 5. The fourth-order valence-electron chi connectivity index (χ4n) is 2.13. The van der Waals surface area contributed by atoms with Crippen molar-refractivity contribution in [2.24, 2.45) is 0 Å². The van der Waals surface area contributed by atoms with Gasteiger partial charge in [0.15, 0.2) is 11.6 Å². The lowest BCUT2D eigenvalue weighted by atomic mass is 10.2. The van der Waals surface area contributed by atoms with Crippen molar-refractivity contribution in [2.45, 2.75) is 26.5 Å². The summed E-state index contributed by atoms with van der Waals surface area (Å²) in [5.74, 6) is 1.39. The van der Waals surface area contributed by atoms with E-state index in [0.717, 1.165) is 27.4 Å². The molecule has 0 amide bonds. The summed E-state index contributed by atoms with van der Waals surface area (Å²) in [5.41, 5.74) is 0.744. The highest BCUT2D eigenvalue weighted by Crippen LogP contribution is 2.34. The second-order valence-electron chi connectivity index (χ2n) is 4.68. The molecule has 6 nitrogen and oxygen atoms in total. The van der Waals surface area contributed by atoms with E-state index in [1.165, 1.54) is 0 Å². The minimum absolute atomic E-state index is 0.288. The zero-order valence-electron chi connectivity index (χ0n) is 11.8. The average Bonchev–Trinajstić information content (AvgIpc) is 2.95. The standard InChI is InChI=1S/C14H13ClIN5O/c1-2-6-21-12(18-19-20-21)8-22-14-11(16)7-10(15)9-4-3-5-17-13(9)14/h3-5,7H,2,6,8H2,1H3. The van der Waals surface area contributed by atoms with Crippen LogP contribution in [0.3, 0.4) is 0 Å². The lowest BCUT2D eigenvalue weighted by Crippen LogP contribution is -2.09. The summed E-state index contributed by atoms with van der Waals surface area (Å²) in [4.78, 5) is 4.39. The molecule has 0 saturated heterocycles. The van der Waals surface area contributed by atoms with Crippen LogP contribution in [0, 0.1) is 3.57 Å². The molecule has 0 unspecified atom stereocenters. The van der Waals surface area contributed by atoms with Gasteiger partial charge in [-0.3, -0.25) is 4.98 Å². The molecule has 2 aromatic heterocycles. The third-order valence-corrected chi connectivity index (χ3v) is 4.25. The highest BCUT2D eigenvalue weighted by Gasteiger charge is 2.14. The Bertz CT molecular complexity index is 807. The number of aromatic nitrogens is 5. The molecule has 114 valence electrons. The second-order valence-corrected chi connectivity index (χ2v) is 6.25. The molecule has 2 heterocycles. The summed E-state index contributed by atoms with van der Waals surface area (Å²) in [6, 6.07) is 5.65. The number of pyridine rings is 1. The van der Waals surface area contributed by atoms with Crippen molar-refractivity contribution in [3.05, 3.63) is 38.8 Å². The van der Waals surface area contributed by atoms with Crippen LogP contribution in [-0.2, 0) is 13.2 Å². The van der Waals surface area contributed by atoms with Gasteiger partial charge < -0.3 is 4.74 Å². The maximum atomic E-state index is 6.26. The molecule has 0 saturated carbocycles. The van der Waals surface area contributed by atoms with E-state index in [4.69, 9.17) is 16.3 Å². The Labute approximate surface area is 146 Å². The second kappa shape index (κ2) is 6.74. The van der Waals surface area contributed by atoms with Gasteiger partial charge in [0.05, 0.1) is 8.59 Å².